The van der Waals surface area contributed by atoms with Crippen LogP contribution in [-0.2, 0) is 4.79 Å². The molecule has 0 amide bonds. The lowest BCUT2D eigenvalue weighted by Crippen LogP contribution is -2.00. The number of rotatable bonds is 4. The predicted octanol–water partition coefficient (Wildman–Crippen LogP) is 3.85. The number of nitrogens with zero attached hydrogens (tertiary/aromatic N) is 1. The molecular formula is C14H13NOS2. The first-order valence-corrected chi connectivity index (χ1v) is 7.87. The normalized spacial score (nSPS) is 16.1. The molecule has 4 heteroatoms. The van der Waals surface area contributed by atoms with Gasteiger partial charge in [0.15, 0.2) is 0 Å². The third-order valence-electron chi connectivity index (χ3n) is 2.55. The molecule has 0 aliphatic heterocycles. The number of pyridine rings is 1. The molecule has 0 N–H and O–H groups in total. The maximum absolute atomic E-state index is 10.5. The minimum absolute atomic E-state index is 0.376. The SMILES string of the molecule is CC(SSc1ccccn1)C1=CCC(=C=O)C=C1. The van der Waals surface area contributed by atoms with Crippen molar-refractivity contribution in [3.05, 3.63) is 53.8 Å². The van der Waals surface area contributed by atoms with Gasteiger partial charge in [-0.3, -0.25) is 0 Å². The Balaban J connectivity index is 1.90. The van der Waals surface area contributed by atoms with E-state index in [4.69, 9.17) is 0 Å². The van der Waals surface area contributed by atoms with E-state index in [1.54, 1.807) is 27.8 Å². The molecule has 1 heterocycles. The lowest BCUT2D eigenvalue weighted by Gasteiger charge is -2.14. The molecule has 0 spiro atoms. The van der Waals surface area contributed by atoms with E-state index in [-0.39, 0.29) is 0 Å². The molecular weight excluding hydrogens is 262 g/mol. The zero-order chi connectivity index (χ0) is 12.8. The van der Waals surface area contributed by atoms with Crippen molar-refractivity contribution in [1.82, 2.24) is 4.98 Å². The Morgan fingerprint density at radius 3 is 2.89 bits per heavy atom. The topological polar surface area (TPSA) is 30.0 Å². The van der Waals surface area contributed by atoms with Crippen LogP contribution in [0, 0.1) is 0 Å². The second-order valence-corrected chi connectivity index (χ2v) is 6.42. The molecule has 0 fully saturated rings. The fourth-order valence-corrected chi connectivity index (χ4v) is 3.64. The van der Waals surface area contributed by atoms with Crippen LogP contribution < -0.4 is 0 Å². The Bertz CT molecular complexity index is 516. The zero-order valence-corrected chi connectivity index (χ0v) is 11.6. The molecule has 1 aromatic heterocycles. The molecule has 0 saturated carbocycles. The van der Waals surface area contributed by atoms with Gasteiger partial charge in [0.25, 0.3) is 0 Å². The van der Waals surface area contributed by atoms with Crippen LogP contribution in [0.15, 0.2) is 58.8 Å². The van der Waals surface area contributed by atoms with Gasteiger partial charge in [0, 0.05) is 23.4 Å². The van der Waals surface area contributed by atoms with Crippen LogP contribution in [0.1, 0.15) is 13.3 Å². The average Bonchev–Trinajstić information content (AvgIpc) is 2.46. The molecule has 0 aromatic carbocycles. The summed E-state index contributed by atoms with van der Waals surface area (Å²) in [7, 11) is 3.45. The molecule has 92 valence electrons. The third kappa shape index (κ3) is 3.64. The monoisotopic (exact) mass is 275 g/mol. The fraction of sp³-hybridized carbons (Fsp3) is 0.214. The summed E-state index contributed by atoms with van der Waals surface area (Å²) in [6.07, 6.45) is 8.44. The van der Waals surface area contributed by atoms with Crippen molar-refractivity contribution in [3.8, 4) is 0 Å². The van der Waals surface area contributed by atoms with Crippen molar-refractivity contribution in [1.29, 1.82) is 0 Å². The van der Waals surface area contributed by atoms with E-state index >= 15 is 0 Å². The summed E-state index contributed by atoms with van der Waals surface area (Å²) in [6, 6.07) is 5.90. The standard InChI is InChI=1S/C14H13NOS2/c1-11(13-7-5-12(10-16)6-8-13)17-18-14-4-2-3-9-15-14/h2-5,7-9,11H,6H2,1H3. The van der Waals surface area contributed by atoms with Crippen molar-refractivity contribution in [2.75, 3.05) is 0 Å². The highest BCUT2D eigenvalue weighted by atomic mass is 33.1. The van der Waals surface area contributed by atoms with E-state index in [0.717, 1.165) is 5.03 Å². The lowest BCUT2D eigenvalue weighted by molar-refractivity contribution is 0.567. The summed E-state index contributed by atoms with van der Waals surface area (Å²) >= 11 is 0. The molecule has 1 aliphatic rings. The summed E-state index contributed by atoms with van der Waals surface area (Å²) in [6.45, 7) is 2.16. The van der Waals surface area contributed by atoms with Crippen LogP contribution >= 0.6 is 21.6 Å². The largest absolute Gasteiger partial charge is 0.249 e. The highest BCUT2D eigenvalue weighted by Crippen LogP contribution is 2.37. The summed E-state index contributed by atoms with van der Waals surface area (Å²) in [5.74, 6) is 1.93. The maximum Gasteiger partial charge on any atom is 0.128 e. The number of hydrogen-bond donors (Lipinski definition) is 0. The second-order valence-electron chi connectivity index (χ2n) is 3.86. The van der Waals surface area contributed by atoms with Gasteiger partial charge < -0.3 is 0 Å². The first kappa shape index (κ1) is 13.2. The van der Waals surface area contributed by atoms with E-state index < -0.39 is 0 Å². The molecule has 2 nitrogen and oxygen atoms in total. The molecule has 1 atom stereocenters. The quantitative estimate of drug-likeness (QED) is 0.616. The third-order valence-corrected chi connectivity index (χ3v) is 5.29. The zero-order valence-electron chi connectivity index (χ0n) is 10.00. The minimum Gasteiger partial charge on any atom is -0.249 e. The number of carbonyl (C=O) groups excluding carboxylic acids is 1. The highest BCUT2D eigenvalue weighted by Gasteiger charge is 2.11. The molecule has 1 aliphatic carbocycles. The molecule has 2 rings (SSSR count). The van der Waals surface area contributed by atoms with E-state index in [2.05, 4.69) is 18.0 Å². The van der Waals surface area contributed by atoms with Crippen LogP contribution in [0.3, 0.4) is 0 Å². The first-order chi connectivity index (χ1) is 8.79. The smallest absolute Gasteiger partial charge is 0.128 e. The number of hydrogen-bond acceptors (Lipinski definition) is 4. The van der Waals surface area contributed by atoms with E-state index in [1.165, 1.54) is 5.57 Å². The van der Waals surface area contributed by atoms with Gasteiger partial charge in [-0.25, -0.2) is 9.78 Å². The summed E-state index contributed by atoms with van der Waals surface area (Å²) in [5.41, 5.74) is 1.97. The molecule has 1 unspecified atom stereocenters. The van der Waals surface area contributed by atoms with Gasteiger partial charge in [-0.15, -0.1) is 0 Å². The predicted molar refractivity (Wildman–Crippen MR) is 78.2 cm³/mol. The molecule has 18 heavy (non-hydrogen) atoms. The van der Waals surface area contributed by atoms with Gasteiger partial charge in [-0.1, -0.05) is 29.0 Å². The van der Waals surface area contributed by atoms with Crippen molar-refractivity contribution in [3.63, 3.8) is 0 Å². The Labute approximate surface area is 115 Å². The van der Waals surface area contributed by atoms with Crippen molar-refractivity contribution in [2.24, 2.45) is 0 Å². The molecule has 0 saturated heterocycles. The Morgan fingerprint density at radius 1 is 1.39 bits per heavy atom. The molecule has 0 bridgehead atoms. The van der Waals surface area contributed by atoms with Gasteiger partial charge in [0.05, 0.1) is 0 Å². The van der Waals surface area contributed by atoms with Crippen molar-refractivity contribution < 1.29 is 4.79 Å². The second kappa shape index (κ2) is 6.64. The summed E-state index contributed by atoms with van der Waals surface area (Å²) in [5, 5.41) is 1.39. The van der Waals surface area contributed by atoms with Gasteiger partial charge in [0.2, 0.25) is 0 Å². The first-order valence-electron chi connectivity index (χ1n) is 5.66. The van der Waals surface area contributed by atoms with Crippen LogP contribution in [-0.4, -0.2) is 16.2 Å². The Morgan fingerprint density at radius 2 is 2.28 bits per heavy atom. The lowest BCUT2D eigenvalue weighted by atomic mass is 10.0. The van der Waals surface area contributed by atoms with Crippen molar-refractivity contribution in [2.45, 2.75) is 23.6 Å². The van der Waals surface area contributed by atoms with Crippen LogP contribution in [0.2, 0.25) is 0 Å². The van der Waals surface area contributed by atoms with Gasteiger partial charge in [-0.05, 0) is 41.5 Å². The number of allylic oxidation sites excluding steroid dienone is 4. The summed E-state index contributed by atoms with van der Waals surface area (Å²) in [4.78, 5) is 14.8. The van der Waals surface area contributed by atoms with E-state index in [9.17, 15) is 4.79 Å². The van der Waals surface area contributed by atoms with Crippen LogP contribution in [0.4, 0.5) is 0 Å². The van der Waals surface area contributed by atoms with Gasteiger partial charge in [-0.2, -0.15) is 0 Å². The van der Waals surface area contributed by atoms with E-state index in [0.29, 0.717) is 17.2 Å². The van der Waals surface area contributed by atoms with Crippen LogP contribution in [0.25, 0.3) is 0 Å². The Kier molecular flexibility index (Phi) is 4.88. The fourth-order valence-electron chi connectivity index (χ4n) is 1.51. The van der Waals surface area contributed by atoms with Gasteiger partial charge >= 0.3 is 0 Å². The minimum atomic E-state index is 0.376. The summed E-state index contributed by atoms with van der Waals surface area (Å²) < 4.78 is 0. The Hall–Kier alpha value is -1.22. The van der Waals surface area contributed by atoms with E-state index in [1.807, 2.05) is 36.3 Å². The average molecular weight is 275 g/mol. The van der Waals surface area contributed by atoms with Gasteiger partial charge in [0.1, 0.15) is 11.0 Å². The highest BCUT2D eigenvalue weighted by molar-refractivity contribution is 8.77. The van der Waals surface area contributed by atoms with Crippen LogP contribution in [0.5, 0.6) is 0 Å². The maximum atomic E-state index is 10.5. The molecule has 1 aromatic rings. The van der Waals surface area contributed by atoms with Crippen molar-refractivity contribution >= 4 is 27.5 Å². The number of aromatic nitrogens is 1. The molecule has 0 radical (unpaired) electrons.